The molecule has 8 heteroatoms. The minimum atomic E-state index is 0.0659. The van der Waals surface area contributed by atoms with Crippen molar-refractivity contribution < 1.29 is 4.79 Å². The lowest BCUT2D eigenvalue weighted by Gasteiger charge is -2.42. The van der Waals surface area contributed by atoms with Gasteiger partial charge in [0.2, 0.25) is 11.9 Å². The summed E-state index contributed by atoms with van der Waals surface area (Å²) in [5.74, 6) is 1.86. The number of piperidine rings is 2. The predicted octanol–water partition coefficient (Wildman–Crippen LogP) is 1.91. The van der Waals surface area contributed by atoms with Crippen molar-refractivity contribution in [1.29, 1.82) is 0 Å². The minimum Gasteiger partial charge on any atom is -0.373 e. The maximum atomic E-state index is 12.7. The quantitative estimate of drug-likeness (QED) is 0.754. The summed E-state index contributed by atoms with van der Waals surface area (Å²) < 4.78 is 0. The van der Waals surface area contributed by atoms with E-state index in [1.165, 1.54) is 0 Å². The Morgan fingerprint density at radius 2 is 1.97 bits per heavy atom. The van der Waals surface area contributed by atoms with Crippen LogP contribution >= 0.6 is 0 Å². The molecular formula is C22H31N7O. The normalized spacial score (nSPS) is 20.7. The molecule has 2 aliphatic heterocycles. The summed E-state index contributed by atoms with van der Waals surface area (Å²) in [6.07, 6.45) is 7.77. The number of nitrogens with one attached hydrogen (secondary N) is 2. The second-order valence-corrected chi connectivity index (χ2v) is 8.08. The van der Waals surface area contributed by atoms with Crippen LogP contribution in [0, 0.1) is 5.92 Å². The van der Waals surface area contributed by atoms with Gasteiger partial charge < -0.3 is 15.5 Å². The van der Waals surface area contributed by atoms with Crippen LogP contribution in [0.25, 0.3) is 0 Å². The molecule has 2 aromatic rings. The Labute approximate surface area is 178 Å². The van der Waals surface area contributed by atoms with Gasteiger partial charge in [-0.3, -0.25) is 14.7 Å². The summed E-state index contributed by atoms with van der Waals surface area (Å²) in [4.78, 5) is 30.8. The van der Waals surface area contributed by atoms with Gasteiger partial charge in [0, 0.05) is 45.1 Å². The summed E-state index contributed by atoms with van der Waals surface area (Å²) in [6.45, 7) is 4.33. The van der Waals surface area contributed by atoms with Crippen LogP contribution in [0.5, 0.6) is 0 Å². The van der Waals surface area contributed by atoms with Crippen molar-refractivity contribution in [1.82, 2.24) is 25.2 Å². The van der Waals surface area contributed by atoms with Crippen LogP contribution in [0.15, 0.2) is 36.7 Å². The van der Waals surface area contributed by atoms with Gasteiger partial charge in [-0.1, -0.05) is 6.07 Å². The average Bonchev–Trinajstić information content (AvgIpc) is 2.83. The first kappa shape index (κ1) is 20.5. The molecule has 0 aromatic carbocycles. The van der Waals surface area contributed by atoms with Crippen molar-refractivity contribution in [3.63, 3.8) is 0 Å². The zero-order chi connectivity index (χ0) is 20.8. The minimum absolute atomic E-state index is 0.0659. The molecule has 1 amide bonds. The van der Waals surface area contributed by atoms with Crippen LogP contribution in [-0.4, -0.2) is 65.0 Å². The van der Waals surface area contributed by atoms with Gasteiger partial charge in [-0.05, 0) is 50.4 Å². The second-order valence-electron chi connectivity index (χ2n) is 8.08. The molecular weight excluding hydrogens is 378 g/mol. The van der Waals surface area contributed by atoms with E-state index >= 15 is 0 Å². The van der Waals surface area contributed by atoms with Gasteiger partial charge in [0.25, 0.3) is 0 Å². The number of likely N-dealkylation sites (tertiary alicyclic amines) is 1. The number of hydrogen-bond acceptors (Lipinski definition) is 7. The molecule has 0 saturated carbocycles. The van der Waals surface area contributed by atoms with Crippen LogP contribution < -0.4 is 15.5 Å². The maximum absolute atomic E-state index is 12.7. The van der Waals surface area contributed by atoms with Crippen LogP contribution in [-0.2, 0) is 11.3 Å². The highest BCUT2D eigenvalue weighted by molar-refractivity contribution is 5.78. The van der Waals surface area contributed by atoms with E-state index in [-0.39, 0.29) is 11.8 Å². The predicted molar refractivity (Wildman–Crippen MR) is 117 cm³/mol. The lowest BCUT2D eigenvalue weighted by atomic mass is 9.93. The Bertz CT molecular complexity index is 823. The number of rotatable bonds is 6. The smallest absolute Gasteiger partial charge is 0.227 e. The number of aromatic nitrogens is 3. The molecule has 2 aliphatic rings. The third kappa shape index (κ3) is 5.05. The number of carbonyl (C=O) groups is 1. The van der Waals surface area contributed by atoms with Crippen LogP contribution in [0.1, 0.15) is 31.4 Å². The van der Waals surface area contributed by atoms with E-state index in [4.69, 9.17) is 0 Å². The molecule has 2 fully saturated rings. The Hall–Kier alpha value is -2.74. The topological polar surface area (TPSA) is 86.3 Å². The fourth-order valence-electron chi connectivity index (χ4n) is 4.45. The fraction of sp³-hybridized carbons (Fsp3) is 0.545. The third-order valence-corrected chi connectivity index (χ3v) is 6.16. The number of hydrogen-bond donors (Lipinski definition) is 2. The summed E-state index contributed by atoms with van der Waals surface area (Å²) in [5, 5.41) is 6.15. The monoisotopic (exact) mass is 409 g/mol. The van der Waals surface area contributed by atoms with Gasteiger partial charge in [0.15, 0.2) is 0 Å². The van der Waals surface area contributed by atoms with Gasteiger partial charge in [0.05, 0.1) is 18.2 Å². The van der Waals surface area contributed by atoms with Crippen molar-refractivity contribution in [2.75, 3.05) is 43.4 Å². The SMILES string of the molecule is CNc1ccnc(N2CCC(N3CCC[C@H](C(=O)NCc4ccccn4)C3)CC2)n1. The number of carbonyl (C=O) groups excluding carboxylic acids is 1. The van der Waals surface area contributed by atoms with E-state index in [0.717, 1.165) is 69.3 Å². The molecule has 2 N–H and O–H groups in total. The van der Waals surface area contributed by atoms with E-state index in [0.29, 0.717) is 12.6 Å². The van der Waals surface area contributed by atoms with Crippen LogP contribution in [0.2, 0.25) is 0 Å². The molecule has 4 rings (SSSR count). The molecule has 2 aromatic heterocycles. The molecule has 4 heterocycles. The van der Waals surface area contributed by atoms with E-state index in [2.05, 4.69) is 35.4 Å². The molecule has 160 valence electrons. The number of amides is 1. The molecule has 0 radical (unpaired) electrons. The van der Waals surface area contributed by atoms with Gasteiger partial charge in [-0.15, -0.1) is 0 Å². The largest absolute Gasteiger partial charge is 0.373 e. The number of nitrogens with zero attached hydrogens (tertiary/aromatic N) is 5. The van der Waals surface area contributed by atoms with E-state index < -0.39 is 0 Å². The molecule has 0 bridgehead atoms. The van der Waals surface area contributed by atoms with Gasteiger partial charge in [0.1, 0.15) is 5.82 Å². The first-order valence-electron chi connectivity index (χ1n) is 10.9. The maximum Gasteiger partial charge on any atom is 0.227 e. The molecule has 0 spiro atoms. The number of anilines is 2. The molecule has 1 atom stereocenters. The molecule has 0 unspecified atom stereocenters. The Morgan fingerprint density at radius 3 is 2.73 bits per heavy atom. The third-order valence-electron chi connectivity index (χ3n) is 6.16. The molecule has 30 heavy (non-hydrogen) atoms. The highest BCUT2D eigenvalue weighted by atomic mass is 16.1. The zero-order valence-electron chi connectivity index (χ0n) is 17.6. The number of pyridine rings is 1. The van der Waals surface area contributed by atoms with E-state index in [1.54, 1.807) is 12.4 Å². The summed E-state index contributed by atoms with van der Waals surface area (Å²) in [6, 6.07) is 8.18. The first-order chi connectivity index (χ1) is 14.7. The van der Waals surface area contributed by atoms with Gasteiger partial charge in [-0.2, -0.15) is 4.98 Å². The lowest BCUT2D eigenvalue weighted by molar-refractivity contribution is -0.127. The highest BCUT2D eigenvalue weighted by Crippen LogP contribution is 2.25. The Balaban J connectivity index is 1.27. The van der Waals surface area contributed by atoms with Crippen molar-refractivity contribution in [2.24, 2.45) is 5.92 Å². The molecule has 0 aliphatic carbocycles. The molecule has 2 saturated heterocycles. The van der Waals surface area contributed by atoms with Crippen molar-refractivity contribution >= 4 is 17.7 Å². The van der Waals surface area contributed by atoms with E-state index in [9.17, 15) is 4.79 Å². The zero-order valence-corrected chi connectivity index (χ0v) is 17.6. The van der Waals surface area contributed by atoms with Crippen LogP contribution in [0.3, 0.4) is 0 Å². The van der Waals surface area contributed by atoms with Gasteiger partial charge in [-0.25, -0.2) is 4.98 Å². The second kappa shape index (κ2) is 9.84. The summed E-state index contributed by atoms with van der Waals surface area (Å²) in [5.41, 5.74) is 0.899. The fourth-order valence-corrected chi connectivity index (χ4v) is 4.45. The van der Waals surface area contributed by atoms with Crippen molar-refractivity contribution in [3.05, 3.63) is 42.4 Å². The first-order valence-corrected chi connectivity index (χ1v) is 10.9. The summed E-state index contributed by atoms with van der Waals surface area (Å²) >= 11 is 0. The lowest BCUT2D eigenvalue weighted by Crippen LogP contribution is -2.51. The van der Waals surface area contributed by atoms with Crippen LogP contribution in [0.4, 0.5) is 11.8 Å². The van der Waals surface area contributed by atoms with Crippen molar-refractivity contribution in [3.8, 4) is 0 Å². The average molecular weight is 410 g/mol. The highest BCUT2D eigenvalue weighted by Gasteiger charge is 2.32. The van der Waals surface area contributed by atoms with E-state index in [1.807, 2.05) is 31.3 Å². The van der Waals surface area contributed by atoms with Gasteiger partial charge >= 0.3 is 0 Å². The molecule has 8 nitrogen and oxygen atoms in total. The Morgan fingerprint density at radius 1 is 1.10 bits per heavy atom. The van der Waals surface area contributed by atoms with Crippen molar-refractivity contribution in [2.45, 2.75) is 38.3 Å². The summed E-state index contributed by atoms with van der Waals surface area (Å²) in [7, 11) is 1.87. The Kier molecular flexibility index (Phi) is 6.74. The standard InChI is InChI=1S/C22H31N7O/c1-23-20-7-11-25-22(27-20)28-13-8-19(9-14-28)29-12-4-5-17(16-29)21(30)26-15-18-6-2-3-10-24-18/h2-3,6-7,10-11,17,19H,4-5,8-9,12-16H2,1H3,(H,26,30)(H,23,25,27)/t17-/m0/s1.